The monoisotopic (exact) mass is 451 g/mol. The Kier molecular flexibility index (Phi) is 5.80. The number of aliphatic hydroxyl groups excluding tert-OH is 1. The van der Waals surface area contributed by atoms with Crippen LogP contribution < -0.4 is 9.64 Å². The van der Waals surface area contributed by atoms with E-state index in [4.69, 9.17) is 20.8 Å². The summed E-state index contributed by atoms with van der Waals surface area (Å²) in [5, 5.41) is 11.6. The van der Waals surface area contributed by atoms with Gasteiger partial charge in [0.2, 0.25) is 0 Å². The highest BCUT2D eigenvalue weighted by Crippen LogP contribution is 2.43. The first kappa shape index (κ1) is 21.7. The van der Waals surface area contributed by atoms with E-state index in [2.05, 4.69) is 0 Å². The number of Topliss-reactive ketones (excluding diaryl/α,β-unsaturated/α-hetero) is 1. The Hall–Kier alpha value is -3.51. The number of halogens is 1. The van der Waals surface area contributed by atoms with Gasteiger partial charge in [0.25, 0.3) is 11.7 Å². The third-order valence-corrected chi connectivity index (χ3v) is 5.54. The average molecular weight is 452 g/mol. The average Bonchev–Trinajstić information content (AvgIpc) is 3.30. The van der Waals surface area contributed by atoms with Gasteiger partial charge in [-0.15, -0.1) is 0 Å². The van der Waals surface area contributed by atoms with Gasteiger partial charge in [0, 0.05) is 16.3 Å². The maximum absolute atomic E-state index is 13.1. The molecule has 1 N–H and O–H groups in total. The molecule has 1 aromatic heterocycles. The molecule has 2 aromatic carbocycles. The number of hydrogen-bond acceptors (Lipinski definition) is 5. The van der Waals surface area contributed by atoms with Crippen molar-refractivity contribution in [2.24, 2.45) is 0 Å². The molecule has 164 valence electrons. The van der Waals surface area contributed by atoms with Crippen molar-refractivity contribution in [2.75, 3.05) is 11.5 Å². The van der Waals surface area contributed by atoms with Gasteiger partial charge in [-0.2, -0.15) is 0 Å². The third-order valence-electron chi connectivity index (χ3n) is 5.31. The van der Waals surface area contributed by atoms with E-state index in [9.17, 15) is 14.7 Å². The quantitative estimate of drug-likeness (QED) is 0.311. The lowest BCUT2D eigenvalue weighted by atomic mass is 9.98. The number of carbonyl (C=O) groups is 2. The second-order valence-electron chi connectivity index (χ2n) is 7.51. The summed E-state index contributed by atoms with van der Waals surface area (Å²) in [7, 11) is 0. The van der Waals surface area contributed by atoms with Gasteiger partial charge in [-0.05, 0) is 74.9 Å². The Morgan fingerprint density at radius 2 is 1.91 bits per heavy atom. The molecule has 0 spiro atoms. The van der Waals surface area contributed by atoms with E-state index in [1.54, 1.807) is 61.5 Å². The van der Waals surface area contributed by atoms with Gasteiger partial charge >= 0.3 is 0 Å². The number of ketones is 1. The van der Waals surface area contributed by atoms with Crippen LogP contribution in [0.5, 0.6) is 5.75 Å². The molecule has 6 nitrogen and oxygen atoms in total. The molecule has 1 fully saturated rings. The van der Waals surface area contributed by atoms with E-state index in [1.165, 1.54) is 4.90 Å². The van der Waals surface area contributed by atoms with Crippen molar-refractivity contribution in [2.45, 2.75) is 26.8 Å². The molecule has 1 atom stereocenters. The summed E-state index contributed by atoms with van der Waals surface area (Å²) in [6, 6.07) is 14.3. The molecule has 1 amide bonds. The summed E-state index contributed by atoms with van der Waals surface area (Å²) in [6.45, 7) is 6.01. The van der Waals surface area contributed by atoms with E-state index >= 15 is 0 Å². The van der Waals surface area contributed by atoms with Gasteiger partial charge in [-0.1, -0.05) is 17.7 Å². The van der Waals surface area contributed by atoms with Crippen LogP contribution in [0.2, 0.25) is 5.02 Å². The highest BCUT2D eigenvalue weighted by molar-refractivity contribution is 6.51. The zero-order chi connectivity index (χ0) is 23.0. The van der Waals surface area contributed by atoms with Gasteiger partial charge < -0.3 is 14.3 Å². The normalized spacial score (nSPS) is 17.8. The SMILES string of the molecule is CCOc1ccc(/C(O)=C2/C(=O)C(=O)N(c3cccc(Cl)c3)C2c2ccc(C)o2)cc1C. The lowest BCUT2D eigenvalue weighted by Crippen LogP contribution is -2.29. The Bertz CT molecular complexity index is 1240. The maximum atomic E-state index is 13.1. The summed E-state index contributed by atoms with van der Waals surface area (Å²) in [6.07, 6.45) is 0. The fourth-order valence-corrected chi connectivity index (χ4v) is 4.05. The van der Waals surface area contributed by atoms with Crippen LogP contribution in [0.1, 0.15) is 35.6 Å². The number of benzene rings is 2. The van der Waals surface area contributed by atoms with E-state index in [1.807, 2.05) is 13.8 Å². The molecule has 3 aromatic rings. The molecule has 1 unspecified atom stereocenters. The first-order valence-electron chi connectivity index (χ1n) is 10.2. The van der Waals surface area contributed by atoms with Crippen LogP contribution in [-0.4, -0.2) is 23.4 Å². The predicted octanol–water partition coefficient (Wildman–Crippen LogP) is 5.57. The molecule has 32 heavy (non-hydrogen) atoms. The van der Waals surface area contributed by atoms with Crippen molar-refractivity contribution in [3.05, 3.63) is 87.8 Å². The highest BCUT2D eigenvalue weighted by Gasteiger charge is 2.48. The molecule has 0 aliphatic carbocycles. The van der Waals surface area contributed by atoms with Crippen LogP contribution in [0, 0.1) is 13.8 Å². The van der Waals surface area contributed by atoms with E-state index < -0.39 is 17.7 Å². The number of furan rings is 1. The van der Waals surface area contributed by atoms with Gasteiger partial charge in [0.05, 0.1) is 12.2 Å². The first-order valence-corrected chi connectivity index (χ1v) is 10.6. The lowest BCUT2D eigenvalue weighted by molar-refractivity contribution is -0.132. The van der Waals surface area contributed by atoms with Crippen molar-refractivity contribution < 1.29 is 23.8 Å². The number of rotatable bonds is 5. The van der Waals surface area contributed by atoms with Crippen LogP contribution in [-0.2, 0) is 9.59 Å². The summed E-state index contributed by atoms with van der Waals surface area (Å²) in [5.74, 6) is -0.178. The Morgan fingerprint density at radius 3 is 2.53 bits per heavy atom. The van der Waals surface area contributed by atoms with Gasteiger partial charge in [-0.25, -0.2) is 0 Å². The van der Waals surface area contributed by atoms with Crippen molar-refractivity contribution in [3.8, 4) is 5.75 Å². The fourth-order valence-electron chi connectivity index (χ4n) is 3.86. The van der Waals surface area contributed by atoms with Crippen LogP contribution in [0.25, 0.3) is 5.76 Å². The van der Waals surface area contributed by atoms with Crippen LogP contribution in [0.3, 0.4) is 0 Å². The number of anilines is 1. The number of carbonyl (C=O) groups excluding carboxylic acids is 2. The zero-order valence-electron chi connectivity index (χ0n) is 17.9. The molecule has 1 saturated heterocycles. The van der Waals surface area contributed by atoms with Gasteiger partial charge in [-0.3, -0.25) is 14.5 Å². The van der Waals surface area contributed by atoms with Crippen molar-refractivity contribution in [3.63, 3.8) is 0 Å². The van der Waals surface area contributed by atoms with E-state index in [0.717, 1.165) is 5.56 Å². The van der Waals surface area contributed by atoms with Crippen LogP contribution in [0.4, 0.5) is 5.69 Å². The van der Waals surface area contributed by atoms with Crippen LogP contribution in [0.15, 0.2) is 64.6 Å². The minimum atomic E-state index is -0.936. The van der Waals surface area contributed by atoms with Crippen molar-refractivity contribution in [1.29, 1.82) is 0 Å². The number of aliphatic hydroxyl groups is 1. The summed E-state index contributed by atoms with van der Waals surface area (Å²) >= 11 is 6.14. The number of aryl methyl sites for hydroxylation is 2. The molecule has 1 aliphatic rings. The maximum Gasteiger partial charge on any atom is 0.300 e. The minimum Gasteiger partial charge on any atom is -0.507 e. The molecular weight excluding hydrogens is 430 g/mol. The number of nitrogens with zero attached hydrogens (tertiary/aromatic N) is 1. The Balaban J connectivity index is 1.90. The fraction of sp³-hybridized carbons (Fsp3) is 0.200. The first-order chi connectivity index (χ1) is 15.3. The molecule has 0 radical (unpaired) electrons. The number of ether oxygens (including phenoxy) is 1. The molecule has 7 heteroatoms. The molecule has 1 aliphatic heterocycles. The van der Waals surface area contributed by atoms with Crippen LogP contribution >= 0.6 is 11.6 Å². The molecule has 2 heterocycles. The summed E-state index contributed by atoms with van der Waals surface area (Å²) < 4.78 is 11.4. The van der Waals surface area contributed by atoms with Gasteiger partial charge in [0.15, 0.2) is 0 Å². The smallest absolute Gasteiger partial charge is 0.300 e. The second-order valence-corrected chi connectivity index (χ2v) is 7.95. The predicted molar refractivity (Wildman–Crippen MR) is 122 cm³/mol. The molecule has 0 bridgehead atoms. The summed E-state index contributed by atoms with van der Waals surface area (Å²) in [5.41, 5.74) is 1.59. The third kappa shape index (κ3) is 3.78. The standard InChI is InChI=1S/C25H22ClNO5/c1-4-31-19-11-9-16(12-14(19)2)23(28)21-22(20-10-8-15(3)32-20)27(25(30)24(21)29)18-7-5-6-17(26)13-18/h5-13,22,28H,4H2,1-3H3/b23-21-. The van der Waals surface area contributed by atoms with E-state index in [-0.39, 0.29) is 11.3 Å². The van der Waals surface area contributed by atoms with Gasteiger partial charge in [0.1, 0.15) is 29.1 Å². The Labute approximate surface area is 190 Å². The second kappa shape index (κ2) is 8.55. The minimum absolute atomic E-state index is 0.0483. The number of hydrogen-bond donors (Lipinski definition) is 1. The zero-order valence-corrected chi connectivity index (χ0v) is 18.6. The summed E-state index contributed by atoms with van der Waals surface area (Å²) in [4.78, 5) is 27.5. The largest absolute Gasteiger partial charge is 0.507 e. The Morgan fingerprint density at radius 1 is 1.12 bits per heavy atom. The molecular formula is C25H22ClNO5. The number of amides is 1. The van der Waals surface area contributed by atoms with Crippen molar-refractivity contribution in [1.82, 2.24) is 0 Å². The lowest BCUT2D eigenvalue weighted by Gasteiger charge is -2.23. The highest BCUT2D eigenvalue weighted by atomic mass is 35.5. The molecule has 0 saturated carbocycles. The topological polar surface area (TPSA) is 80.0 Å². The van der Waals surface area contributed by atoms with E-state index in [0.29, 0.717) is 40.2 Å². The van der Waals surface area contributed by atoms with Crippen molar-refractivity contribution >= 4 is 34.7 Å². The molecule has 4 rings (SSSR count).